The van der Waals surface area contributed by atoms with Crippen LogP contribution < -0.4 is 10.1 Å². The fraction of sp³-hybridized carbons (Fsp3) is 0.231. The minimum atomic E-state index is -1.12. The number of rotatable bonds is 3. The Morgan fingerprint density at radius 3 is 2.39 bits per heavy atom. The first-order valence-corrected chi connectivity index (χ1v) is 11.3. The monoisotopic (exact) mass is 481 g/mol. The normalized spacial score (nSPS) is 26.0. The van der Waals surface area contributed by atoms with Crippen LogP contribution in [0, 0.1) is 5.41 Å². The van der Waals surface area contributed by atoms with Gasteiger partial charge < -0.3 is 9.47 Å². The minimum absolute atomic E-state index is 0.0911. The fourth-order valence-corrected chi connectivity index (χ4v) is 5.49. The molecule has 2 heterocycles. The molecule has 1 saturated heterocycles. The van der Waals surface area contributed by atoms with Crippen LogP contribution in [0.2, 0.25) is 10.0 Å². The van der Waals surface area contributed by atoms with E-state index >= 15 is 0 Å². The van der Waals surface area contributed by atoms with Crippen LogP contribution in [0.25, 0.3) is 0 Å². The highest BCUT2D eigenvalue weighted by Crippen LogP contribution is 2.57. The summed E-state index contributed by atoms with van der Waals surface area (Å²) < 4.78 is 11.3. The first-order valence-electron chi connectivity index (χ1n) is 10.6. The number of carbonyl (C=O) groups is 2. The average Bonchev–Trinajstić information content (AvgIpc) is 3.18. The van der Waals surface area contributed by atoms with Crippen molar-refractivity contribution in [1.82, 2.24) is 5.32 Å². The van der Waals surface area contributed by atoms with Gasteiger partial charge in [-0.3, -0.25) is 14.9 Å². The Morgan fingerprint density at radius 1 is 1.00 bits per heavy atom. The van der Waals surface area contributed by atoms with Gasteiger partial charge in [0.05, 0.1) is 18.1 Å². The zero-order valence-corrected chi connectivity index (χ0v) is 19.3. The molecule has 168 valence electrons. The van der Waals surface area contributed by atoms with Crippen molar-refractivity contribution in [1.29, 1.82) is 0 Å². The second-order valence-corrected chi connectivity index (χ2v) is 9.21. The van der Waals surface area contributed by atoms with E-state index in [0.29, 0.717) is 21.4 Å². The highest BCUT2D eigenvalue weighted by molar-refractivity contribution is 6.31. The highest BCUT2D eigenvalue weighted by Gasteiger charge is 2.64. The molecule has 5 rings (SSSR count). The summed E-state index contributed by atoms with van der Waals surface area (Å²) >= 11 is 12.4. The number of nitrogens with one attached hydrogen (secondary N) is 1. The topological polar surface area (TPSA) is 64.6 Å². The molecule has 2 aliphatic heterocycles. The summed E-state index contributed by atoms with van der Waals surface area (Å²) in [4.78, 5) is 27.3. The number of esters is 1. The Hall–Kier alpha value is -2.86. The first kappa shape index (κ1) is 22.0. The first-order chi connectivity index (χ1) is 16.0. The Labute approximate surface area is 201 Å². The molecule has 0 bridgehead atoms. The highest BCUT2D eigenvalue weighted by atomic mass is 35.5. The van der Waals surface area contributed by atoms with Gasteiger partial charge >= 0.3 is 5.97 Å². The predicted octanol–water partition coefficient (Wildman–Crippen LogP) is 5.22. The molecule has 0 amide bonds. The molecule has 1 N–H and O–H groups in total. The number of benzene rings is 3. The minimum Gasteiger partial charge on any atom is -0.492 e. The molecule has 1 fully saturated rings. The van der Waals surface area contributed by atoms with Crippen LogP contribution in [0.15, 0.2) is 72.8 Å². The van der Waals surface area contributed by atoms with E-state index in [9.17, 15) is 9.59 Å². The van der Waals surface area contributed by atoms with Crippen LogP contribution in [-0.4, -0.2) is 31.5 Å². The van der Waals surface area contributed by atoms with Gasteiger partial charge in [0.15, 0.2) is 5.78 Å². The lowest BCUT2D eigenvalue weighted by atomic mass is 9.62. The molecule has 0 aromatic heterocycles. The molecule has 2 aliphatic rings. The van der Waals surface area contributed by atoms with Crippen LogP contribution in [-0.2, 0) is 9.53 Å². The van der Waals surface area contributed by atoms with Crippen LogP contribution in [0.5, 0.6) is 5.75 Å². The lowest BCUT2D eigenvalue weighted by Crippen LogP contribution is -2.48. The number of ketones is 1. The lowest BCUT2D eigenvalue weighted by Gasteiger charge is -2.42. The molecule has 4 atom stereocenters. The van der Waals surface area contributed by atoms with Gasteiger partial charge in [0.1, 0.15) is 18.4 Å². The van der Waals surface area contributed by atoms with Crippen molar-refractivity contribution in [2.24, 2.45) is 5.41 Å². The van der Waals surface area contributed by atoms with Crippen molar-refractivity contribution in [2.75, 3.05) is 13.7 Å². The van der Waals surface area contributed by atoms with Crippen molar-refractivity contribution in [3.63, 3.8) is 0 Å². The SMILES string of the molecule is COC(=O)[C@@H]1N[C@H](c2ccc(Cl)cc2)[C@@]2(COc3ccc(Cl)cc3C2=O)[C@H]1c1ccccc1. The van der Waals surface area contributed by atoms with E-state index in [4.69, 9.17) is 32.7 Å². The number of Topliss-reactive ketones (excluding diaryl/α,β-unsaturated/α-hetero) is 1. The smallest absolute Gasteiger partial charge is 0.323 e. The third kappa shape index (κ3) is 3.52. The van der Waals surface area contributed by atoms with E-state index < -0.39 is 29.4 Å². The Morgan fingerprint density at radius 2 is 1.70 bits per heavy atom. The Kier molecular flexibility index (Phi) is 5.65. The summed E-state index contributed by atoms with van der Waals surface area (Å²) in [7, 11) is 1.35. The molecule has 3 aromatic carbocycles. The van der Waals surface area contributed by atoms with Crippen molar-refractivity contribution in [3.05, 3.63) is 99.5 Å². The number of halogens is 2. The fourth-order valence-electron chi connectivity index (χ4n) is 5.20. The van der Waals surface area contributed by atoms with Gasteiger partial charge in [0.2, 0.25) is 0 Å². The number of methoxy groups -OCH3 is 1. The number of hydrogen-bond donors (Lipinski definition) is 1. The summed E-state index contributed by atoms with van der Waals surface area (Å²) in [6.45, 7) is 0.0911. The molecule has 33 heavy (non-hydrogen) atoms. The second-order valence-electron chi connectivity index (χ2n) is 8.34. The van der Waals surface area contributed by atoms with Gasteiger partial charge in [-0.25, -0.2) is 0 Å². The maximum absolute atomic E-state index is 14.3. The molecule has 0 radical (unpaired) electrons. The van der Waals surface area contributed by atoms with Gasteiger partial charge in [-0.2, -0.15) is 0 Å². The quantitative estimate of drug-likeness (QED) is 0.519. The number of ether oxygens (including phenoxy) is 2. The van der Waals surface area contributed by atoms with Crippen molar-refractivity contribution < 1.29 is 19.1 Å². The predicted molar refractivity (Wildman–Crippen MR) is 126 cm³/mol. The third-order valence-corrected chi connectivity index (χ3v) is 7.13. The number of carbonyl (C=O) groups excluding carboxylic acids is 2. The standard InChI is InChI=1S/C26H21Cl2NO4/c1-32-25(31)22-21(15-5-3-2-4-6-15)26(23(29-22)16-7-9-17(27)10-8-16)14-33-20-12-11-18(28)13-19(20)24(26)30/h2-13,21-23,29H,14H2,1H3/t21-,22+,23+,26+/m0/s1. The average molecular weight is 482 g/mol. The van der Waals surface area contributed by atoms with Gasteiger partial charge in [-0.15, -0.1) is 0 Å². The van der Waals surface area contributed by atoms with Gasteiger partial charge in [0, 0.05) is 22.0 Å². The second kappa shape index (κ2) is 8.49. The van der Waals surface area contributed by atoms with Crippen LogP contribution in [0.3, 0.4) is 0 Å². The molecule has 0 saturated carbocycles. The number of fused-ring (bicyclic) bond motifs is 1. The van der Waals surface area contributed by atoms with Crippen LogP contribution in [0.4, 0.5) is 0 Å². The van der Waals surface area contributed by atoms with Gasteiger partial charge in [0.25, 0.3) is 0 Å². The van der Waals surface area contributed by atoms with Crippen LogP contribution >= 0.6 is 23.2 Å². The summed E-state index contributed by atoms with van der Waals surface area (Å²) in [5.41, 5.74) is 0.959. The molecule has 7 heteroatoms. The molecular formula is C26H21Cl2NO4. The molecular weight excluding hydrogens is 461 g/mol. The maximum Gasteiger partial charge on any atom is 0.323 e. The zero-order chi connectivity index (χ0) is 23.2. The van der Waals surface area contributed by atoms with Gasteiger partial charge in [-0.1, -0.05) is 65.7 Å². The van der Waals surface area contributed by atoms with Crippen molar-refractivity contribution >= 4 is 35.0 Å². The van der Waals surface area contributed by atoms with E-state index in [0.717, 1.165) is 11.1 Å². The molecule has 0 unspecified atom stereocenters. The molecule has 3 aromatic rings. The van der Waals surface area contributed by atoms with Crippen molar-refractivity contribution in [3.8, 4) is 5.75 Å². The Balaban J connectivity index is 1.75. The van der Waals surface area contributed by atoms with E-state index in [1.54, 1.807) is 30.3 Å². The summed E-state index contributed by atoms with van der Waals surface area (Å²) in [6, 6.07) is 20.6. The van der Waals surface area contributed by atoms with E-state index in [-0.39, 0.29) is 12.4 Å². The summed E-state index contributed by atoms with van der Waals surface area (Å²) in [5, 5.41) is 4.43. The summed E-state index contributed by atoms with van der Waals surface area (Å²) in [5.74, 6) is -0.618. The lowest BCUT2D eigenvalue weighted by molar-refractivity contribution is -0.143. The third-order valence-electron chi connectivity index (χ3n) is 6.64. The maximum atomic E-state index is 14.3. The van der Waals surface area contributed by atoms with Gasteiger partial charge in [-0.05, 0) is 41.5 Å². The Bertz CT molecular complexity index is 1210. The van der Waals surface area contributed by atoms with Crippen LogP contribution in [0.1, 0.15) is 33.4 Å². The van der Waals surface area contributed by atoms with E-state index in [1.807, 2.05) is 42.5 Å². The molecule has 5 nitrogen and oxygen atoms in total. The zero-order valence-electron chi connectivity index (χ0n) is 17.8. The summed E-state index contributed by atoms with van der Waals surface area (Å²) in [6.07, 6.45) is 0. The largest absolute Gasteiger partial charge is 0.492 e. The van der Waals surface area contributed by atoms with Crippen molar-refractivity contribution in [2.45, 2.75) is 18.0 Å². The molecule has 0 aliphatic carbocycles. The molecule has 1 spiro atoms. The van der Waals surface area contributed by atoms with E-state index in [2.05, 4.69) is 5.32 Å². The number of hydrogen-bond acceptors (Lipinski definition) is 5. The van der Waals surface area contributed by atoms with E-state index in [1.165, 1.54) is 7.11 Å².